The van der Waals surface area contributed by atoms with Gasteiger partial charge in [-0.15, -0.1) is 23.5 Å². The van der Waals surface area contributed by atoms with Gasteiger partial charge >= 0.3 is 11.9 Å². The van der Waals surface area contributed by atoms with E-state index in [1.54, 1.807) is 48.5 Å². The first-order chi connectivity index (χ1) is 20.6. The summed E-state index contributed by atoms with van der Waals surface area (Å²) >= 11 is 3.65. The number of ether oxygens (including phenoxy) is 2. The van der Waals surface area contributed by atoms with Crippen LogP contribution in [0.3, 0.4) is 0 Å². The number of rotatable bonds is 20. The third-order valence-electron chi connectivity index (χ3n) is 6.96. The number of benzene rings is 3. The van der Waals surface area contributed by atoms with Gasteiger partial charge in [0.15, 0.2) is 0 Å². The van der Waals surface area contributed by atoms with Gasteiger partial charge in [0.2, 0.25) is 0 Å². The molecule has 3 aromatic carbocycles. The van der Waals surface area contributed by atoms with Gasteiger partial charge in [0.1, 0.15) is 11.5 Å². The van der Waals surface area contributed by atoms with Crippen LogP contribution in [0.25, 0.3) is 0 Å². The average molecular weight is 607 g/mol. The molecule has 0 saturated heterocycles. The fraction of sp³-hybridized carbons (Fsp3) is 0.444. The Balaban J connectivity index is 1.37. The smallest absolute Gasteiger partial charge is 0.343 e. The van der Waals surface area contributed by atoms with Crippen LogP contribution in [0.15, 0.2) is 82.6 Å². The number of esters is 2. The van der Waals surface area contributed by atoms with Crippen molar-refractivity contribution in [3.05, 3.63) is 83.9 Å². The molecular formula is C36H46O4S2. The standard InChI is InChI=1S/C36H46O4S2/c1-3-5-7-9-11-13-27-41-33-23-15-29(16-24-33)35(37)39-31-19-21-32(22-20-31)40-36(38)30-17-25-34(26-18-30)42-28-14-12-10-8-6-4-2/h15-26H,3-14,27-28H2,1-2H3. The van der Waals surface area contributed by atoms with E-state index in [0.29, 0.717) is 22.6 Å². The number of hydrogen-bond acceptors (Lipinski definition) is 6. The molecule has 0 aliphatic heterocycles. The van der Waals surface area contributed by atoms with E-state index in [9.17, 15) is 9.59 Å². The quantitative estimate of drug-likeness (QED) is 0.0552. The number of carbonyl (C=O) groups is 2. The summed E-state index contributed by atoms with van der Waals surface area (Å²) in [6.07, 6.45) is 15.5. The third kappa shape index (κ3) is 13.1. The van der Waals surface area contributed by atoms with Crippen LogP contribution in [-0.2, 0) is 0 Å². The number of thioether (sulfide) groups is 2. The Bertz CT molecular complexity index is 1080. The molecule has 0 amide bonds. The summed E-state index contributed by atoms with van der Waals surface area (Å²) in [7, 11) is 0. The second-order valence-corrected chi connectivity index (χ2v) is 12.9. The predicted octanol–water partition coefficient (Wildman–Crippen LogP) is 11.0. The van der Waals surface area contributed by atoms with Crippen molar-refractivity contribution in [2.45, 2.75) is 101 Å². The maximum absolute atomic E-state index is 12.6. The molecule has 3 aromatic rings. The molecule has 0 aliphatic carbocycles. The fourth-order valence-corrected chi connectivity index (χ4v) is 6.25. The van der Waals surface area contributed by atoms with E-state index >= 15 is 0 Å². The molecular weight excluding hydrogens is 561 g/mol. The summed E-state index contributed by atoms with van der Waals surface area (Å²) in [5.41, 5.74) is 1.01. The van der Waals surface area contributed by atoms with Gasteiger partial charge in [0, 0.05) is 9.79 Å². The Labute approximate surface area is 261 Å². The van der Waals surface area contributed by atoms with Gasteiger partial charge in [-0.2, -0.15) is 0 Å². The summed E-state index contributed by atoms with van der Waals surface area (Å²) in [6, 6.07) is 21.6. The summed E-state index contributed by atoms with van der Waals surface area (Å²) < 4.78 is 11.0. The highest BCUT2D eigenvalue weighted by Gasteiger charge is 2.11. The first-order valence-corrected chi connectivity index (χ1v) is 17.6. The van der Waals surface area contributed by atoms with Crippen LogP contribution in [0.4, 0.5) is 0 Å². The molecule has 0 N–H and O–H groups in total. The highest BCUT2D eigenvalue weighted by molar-refractivity contribution is 7.99. The maximum atomic E-state index is 12.6. The predicted molar refractivity (Wildman–Crippen MR) is 177 cm³/mol. The molecule has 42 heavy (non-hydrogen) atoms. The summed E-state index contributed by atoms with van der Waals surface area (Å²) in [5, 5.41) is 0. The molecule has 226 valence electrons. The lowest BCUT2D eigenvalue weighted by Gasteiger charge is -2.08. The van der Waals surface area contributed by atoms with Crippen LogP contribution in [-0.4, -0.2) is 23.4 Å². The second-order valence-electron chi connectivity index (χ2n) is 10.5. The molecule has 0 saturated carbocycles. The Morgan fingerprint density at radius 3 is 1.17 bits per heavy atom. The summed E-state index contributed by atoms with van der Waals surface area (Å²) in [4.78, 5) is 27.5. The monoisotopic (exact) mass is 606 g/mol. The highest BCUT2D eigenvalue weighted by Crippen LogP contribution is 2.24. The molecule has 3 rings (SSSR count). The summed E-state index contributed by atoms with van der Waals surface area (Å²) in [6.45, 7) is 4.48. The van der Waals surface area contributed by atoms with Crippen LogP contribution >= 0.6 is 23.5 Å². The van der Waals surface area contributed by atoms with Crippen molar-refractivity contribution in [3.8, 4) is 11.5 Å². The normalized spacial score (nSPS) is 10.9. The zero-order chi connectivity index (χ0) is 29.8. The maximum Gasteiger partial charge on any atom is 0.343 e. The largest absolute Gasteiger partial charge is 0.423 e. The molecule has 0 aromatic heterocycles. The van der Waals surface area contributed by atoms with Crippen molar-refractivity contribution in [3.63, 3.8) is 0 Å². The van der Waals surface area contributed by atoms with Crippen LogP contribution in [0.1, 0.15) is 112 Å². The number of hydrogen-bond donors (Lipinski definition) is 0. The van der Waals surface area contributed by atoms with E-state index in [-0.39, 0.29) is 0 Å². The minimum Gasteiger partial charge on any atom is -0.423 e. The SMILES string of the molecule is CCCCCCCCSc1ccc(C(=O)Oc2ccc(OC(=O)c3ccc(SCCCCCCCC)cc3)cc2)cc1. The lowest BCUT2D eigenvalue weighted by molar-refractivity contribution is 0.0719. The van der Waals surface area contributed by atoms with Crippen molar-refractivity contribution >= 4 is 35.5 Å². The van der Waals surface area contributed by atoms with E-state index in [2.05, 4.69) is 13.8 Å². The van der Waals surface area contributed by atoms with Gasteiger partial charge in [0.25, 0.3) is 0 Å². The molecule has 6 heteroatoms. The summed E-state index contributed by atoms with van der Waals surface area (Å²) in [5.74, 6) is 2.15. The van der Waals surface area contributed by atoms with E-state index < -0.39 is 11.9 Å². The van der Waals surface area contributed by atoms with Crippen molar-refractivity contribution in [2.75, 3.05) is 11.5 Å². The van der Waals surface area contributed by atoms with Gasteiger partial charge in [0.05, 0.1) is 11.1 Å². The molecule has 0 heterocycles. The molecule has 0 radical (unpaired) electrons. The van der Waals surface area contributed by atoms with Gasteiger partial charge < -0.3 is 9.47 Å². The van der Waals surface area contributed by atoms with Crippen molar-refractivity contribution in [1.82, 2.24) is 0 Å². The van der Waals surface area contributed by atoms with Crippen LogP contribution in [0.5, 0.6) is 11.5 Å². The Morgan fingerprint density at radius 2 is 0.810 bits per heavy atom. The lowest BCUT2D eigenvalue weighted by atomic mass is 10.1. The Morgan fingerprint density at radius 1 is 0.476 bits per heavy atom. The minimum absolute atomic E-state index is 0.396. The zero-order valence-corrected chi connectivity index (χ0v) is 26.9. The molecule has 4 nitrogen and oxygen atoms in total. The zero-order valence-electron chi connectivity index (χ0n) is 25.3. The van der Waals surface area contributed by atoms with Crippen molar-refractivity contribution in [2.24, 2.45) is 0 Å². The average Bonchev–Trinajstić information content (AvgIpc) is 3.01. The van der Waals surface area contributed by atoms with Crippen molar-refractivity contribution < 1.29 is 19.1 Å². The van der Waals surface area contributed by atoms with Gasteiger partial charge in [-0.1, -0.05) is 78.1 Å². The van der Waals surface area contributed by atoms with Crippen LogP contribution in [0.2, 0.25) is 0 Å². The molecule has 0 fully saturated rings. The fourth-order valence-electron chi connectivity index (χ4n) is 4.43. The van der Waals surface area contributed by atoms with Crippen LogP contribution in [0, 0.1) is 0 Å². The van der Waals surface area contributed by atoms with Crippen LogP contribution < -0.4 is 9.47 Å². The van der Waals surface area contributed by atoms with E-state index in [0.717, 1.165) is 21.3 Å². The molecule has 0 spiro atoms. The van der Waals surface area contributed by atoms with Crippen molar-refractivity contribution in [1.29, 1.82) is 0 Å². The first kappa shape index (κ1) is 33.8. The molecule has 0 unspecified atom stereocenters. The van der Waals surface area contributed by atoms with E-state index in [1.165, 1.54) is 77.0 Å². The lowest BCUT2D eigenvalue weighted by Crippen LogP contribution is -2.09. The van der Waals surface area contributed by atoms with Gasteiger partial charge in [-0.3, -0.25) is 0 Å². The number of unbranched alkanes of at least 4 members (excludes halogenated alkanes) is 10. The second kappa shape index (κ2) is 20.2. The third-order valence-corrected chi connectivity index (χ3v) is 9.15. The first-order valence-electron chi connectivity index (χ1n) is 15.6. The van der Waals surface area contributed by atoms with E-state index in [4.69, 9.17) is 9.47 Å². The molecule has 0 bridgehead atoms. The topological polar surface area (TPSA) is 52.6 Å². The Hall–Kier alpha value is -2.70. The highest BCUT2D eigenvalue weighted by atomic mass is 32.2. The van der Waals surface area contributed by atoms with Gasteiger partial charge in [-0.05, 0) is 97.1 Å². The Kier molecular flexibility index (Phi) is 16.3. The molecule has 0 atom stereocenters. The molecule has 0 aliphatic rings. The van der Waals surface area contributed by atoms with Gasteiger partial charge in [-0.25, -0.2) is 9.59 Å². The number of carbonyl (C=O) groups excluding carboxylic acids is 2. The van der Waals surface area contributed by atoms with E-state index in [1.807, 2.05) is 47.8 Å². The minimum atomic E-state index is -0.415.